The Hall–Kier alpha value is -3.06. The zero-order valence-corrected chi connectivity index (χ0v) is 21.7. The molecule has 3 aromatic heterocycles. The van der Waals surface area contributed by atoms with Crippen molar-refractivity contribution in [2.24, 2.45) is 0 Å². The van der Waals surface area contributed by atoms with E-state index in [0.717, 1.165) is 4.40 Å². The average Bonchev–Trinajstić information content (AvgIpc) is 3.14. The third-order valence-electron chi connectivity index (χ3n) is 5.96. The number of alkyl halides is 2. The highest BCUT2D eigenvalue weighted by Crippen LogP contribution is 2.34. The Morgan fingerprint density at radius 2 is 1.95 bits per heavy atom. The fraction of sp³-hybridized carbons (Fsp3) is 0.435. The highest BCUT2D eigenvalue weighted by molar-refractivity contribution is 7.91. The molecule has 4 rings (SSSR count). The van der Waals surface area contributed by atoms with Crippen LogP contribution in [0.15, 0.2) is 24.4 Å². The number of sulfone groups is 1. The van der Waals surface area contributed by atoms with Crippen molar-refractivity contribution in [3.63, 3.8) is 0 Å². The zero-order chi connectivity index (χ0) is 27.2. The van der Waals surface area contributed by atoms with Crippen molar-refractivity contribution in [3.8, 4) is 17.4 Å². The van der Waals surface area contributed by atoms with E-state index in [4.69, 9.17) is 21.1 Å². The van der Waals surface area contributed by atoms with E-state index in [2.05, 4.69) is 15.3 Å². The summed E-state index contributed by atoms with van der Waals surface area (Å²) in [7, 11) is -3.15. The van der Waals surface area contributed by atoms with Crippen LogP contribution in [0.5, 0.6) is 17.4 Å². The van der Waals surface area contributed by atoms with Crippen molar-refractivity contribution in [3.05, 3.63) is 46.8 Å². The van der Waals surface area contributed by atoms with Gasteiger partial charge in [-0.15, -0.1) is 0 Å². The minimum atomic E-state index is -3.15. The number of nitrogens with zero attached hydrogens (tertiary/aromatic N) is 3. The van der Waals surface area contributed by atoms with Crippen LogP contribution in [0.2, 0.25) is 5.02 Å². The van der Waals surface area contributed by atoms with Crippen molar-refractivity contribution in [1.29, 1.82) is 0 Å². The van der Waals surface area contributed by atoms with Gasteiger partial charge in [-0.2, -0.15) is 4.39 Å². The van der Waals surface area contributed by atoms with Crippen molar-refractivity contribution in [2.75, 3.05) is 18.1 Å². The number of aromatic nitrogens is 3. The lowest BCUT2D eigenvalue weighted by Gasteiger charge is -2.34. The first-order chi connectivity index (χ1) is 17.2. The van der Waals surface area contributed by atoms with Gasteiger partial charge in [0.1, 0.15) is 21.2 Å². The molecule has 0 unspecified atom stereocenters. The summed E-state index contributed by atoms with van der Waals surface area (Å²) in [6.07, 6.45) is 1.64. The Balaban J connectivity index is 1.61. The molecular weight excluding hydrogens is 537 g/mol. The maximum atomic E-state index is 15.4. The summed E-state index contributed by atoms with van der Waals surface area (Å²) in [6.45, 7) is 2.97. The van der Waals surface area contributed by atoms with Crippen LogP contribution in [-0.4, -0.2) is 58.3 Å². The molecule has 0 spiro atoms. The summed E-state index contributed by atoms with van der Waals surface area (Å²) in [4.78, 5) is 21.0. The number of pyridine rings is 2. The molecule has 4 heterocycles. The smallest absolute Gasteiger partial charge is 0.278 e. The maximum absolute atomic E-state index is 15.4. The molecule has 0 atom stereocenters. The van der Waals surface area contributed by atoms with Gasteiger partial charge in [0.15, 0.2) is 18.1 Å². The van der Waals surface area contributed by atoms with Crippen LogP contribution in [-0.2, 0) is 9.84 Å². The third kappa shape index (κ3) is 6.09. The molecule has 1 N–H and O–H groups in total. The molecule has 3 aromatic rings. The number of hydrogen-bond acceptors (Lipinski definition) is 7. The minimum absolute atomic E-state index is 0.0719. The molecule has 0 radical (unpaired) electrons. The molecule has 14 heteroatoms. The van der Waals surface area contributed by atoms with Gasteiger partial charge < -0.3 is 14.8 Å². The number of rotatable bonds is 7. The highest BCUT2D eigenvalue weighted by Gasteiger charge is 2.36. The predicted octanol–water partition coefficient (Wildman–Crippen LogP) is 4.35. The normalized spacial score (nSPS) is 16.9. The summed E-state index contributed by atoms with van der Waals surface area (Å²) >= 11 is 5.91. The number of fused-ring (bicyclic) bond motifs is 1. The van der Waals surface area contributed by atoms with Crippen LogP contribution in [0, 0.1) is 12.9 Å². The van der Waals surface area contributed by atoms with Gasteiger partial charge in [0.25, 0.3) is 17.7 Å². The Labute approximate surface area is 215 Å². The topological polar surface area (TPSA) is 112 Å². The SMILES string of the molecule is Cc1c(Oc2ncc(Cl)cc2OCC(C)(F)F)ccc2nc(C(=O)NC3(C)CCS(=O)(=O)CC3)c(F)n12. The average molecular weight is 561 g/mol. The van der Waals surface area contributed by atoms with Crippen LogP contribution in [0.3, 0.4) is 0 Å². The van der Waals surface area contributed by atoms with Crippen molar-refractivity contribution < 1.29 is 35.9 Å². The van der Waals surface area contributed by atoms with Crippen molar-refractivity contribution in [2.45, 2.75) is 45.1 Å². The van der Waals surface area contributed by atoms with Gasteiger partial charge >= 0.3 is 0 Å². The largest absolute Gasteiger partial charge is 0.482 e. The van der Waals surface area contributed by atoms with Crippen LogP contribution in [0.1, 0.15) is 42.9 Å². The van der Waals surface area contributed by atoms with Gasteiger partial charge in [0.2, 0.25) is 5.95 Å². The van der Waals surface area contributed by atoms with Crippen LogP contribution in [0.25, 0.3) is 5.65 Å². The van der Waals surface area contributed by atoms with Gasteiger partial charge in [0.05, 0.1) is 22.2 Å². The lowest BCUT2D eigenvalue weighted by Crippen LogP contribution is -2.51. The van der Waals surface area contributed by atoms with Crippen molar-refractivity contribution >= 4 is 33.0 Å². The fourth-order valence-electron chi connectivity index (χ4n) is 3.83. The first kappa shape index (κ1) is 27.0. The highest BCUT2D eigenvalue weighted by atomic mass is 35.5. The molecule has 1 aliphatic rings. The monoisotopic (exact) mass is 560 g/mol. The first-order valence-corrected chi connectivity index (χ1v) is 13.4. The van der Waals surface area contributed by atoms with Gasteiger partial charge in [-0.25, -0.2) is 27.2 Å². The molecule has 0 aliphatic carbocycles. The Morgan fingerprint density at radius 1 is 1.27 bits per heavy atom. The second kappa shape index (κ2) is 9.67. The quantitative estimate of drug-likeness (QED) is 0.457. The van der Waals surface area contributed by atoms with E-state index in [1.54, 1.807) is 6.92 Å². The lowest BCUT2D eigenvalue weighted by atomic mass is 9.95. The Morgan fingerprint density at radius 3 is 2.59 bits per heavy atom. The molecule has 1 aliphatic heterocycles. The molecule has 37 heavy (non-hydrogen) atoms. The zero-order valence-electron chi connectivity index (χ0n) is 20.1. The number of hydrogen-bond donors (Lipinski definition) is 1. The van der Waals surface area contributed by atoms with Crippen LogP contribution >= 0.6 is 11.6 Å². The van der Waals surface area contributed by atoms with E-state index in [1.807, 2.05) is 0 Å². The van der Waals surface area contributed by atoms with E-state index in [1.165, 1.54) is 31.3 Å². The number of carbonyl (C=O) groups is 1. The van der Waals surface area contributed by atoms with E-state index < -0.39 is 45.5 Å². The summed E-state index contributed by atoms with van der Waals surface area (Å²) < 4.78 is 77.4. The third-order valence-corrected chi connectivity index (χ3v) is 7.81. The molecule has 1 fully saturated rings. The Kier molecular flexibility index (Phi) is 7.06. The predicted molar refractivity (Wildman–Crippen MR) is 129 cm³/mol. The second-order valence-corrected chi connectivity index (χ2v) is 12.1. The first-order valence-electron chi connectivity index (χ1n) is 11.2. The molecule has 1 amide bonds. The summed E-state index contributed by atoms with van der Waals surface area (Å²) in [5.74, 6) is -5.20. The molecule has 0 aromatic carbocycles. The Bertz CT molecular complexity index is 1460. The molecule has 0 saturated carbocycles. The minimum Gasteiger partial charge on any atom is -0.482 e. The van der Waals surface area contributed by atoms with E-state index in [-0.39, 0.29) is 58.1 Å². The number of ether oxygens (including phenoxy) is 2. The molecule has 200 valence electrons. The summed E-state index contributed by atoms with van der Waals surface area (Å²) in [6, 6.07) is 4.13. The number of nitrogens with one attached hydrogen (secondary N) is 1. The molecule has 0 bridgehead atoms. The van der Waals surface area contributed by atoms with Crippen LogP contribution < -0.4 is 14.8 Å². The van der Waals surface area contributed by atoms with E-state index in [0.29, 0.717) is 6.92 Å². The molecule has 1 saturated heterocycles. The second-order valence-electron chi connectivity index (χ2n) is 9.31. The number of halogens is 4. The van der Waals surface area contributed by atoms with Crippen LogP contribution in [0.4, 0.5) is 13.2 Å². The van der Waals surface area contributed by atoms with Gasteiger partial charge in [-0.05, 0) is 38.8 Å². The molecule has 9 nitrogen and oxygen atoms in total. The van der Waals surface area contributed by atoms with Gasteiger partial charge in [-0.3, -0.25) is 9.20 Å². The number of amides is 1. The summed E-state index contributed by atoms with van der Waals surface area (Å²) in [5, 5.41) is 2.85. The summed E-state index contributed by atoms with van der Waals surface area (Å²) in [5.41, 5.74) is -0.955. The van der Waals surface area contributed by atoms with Crippen molar-refractivity contribution in [1.82, 2.24) is 19.7 Å². The van der Waals surface area contributed by atoms with Gasteiger partial charge in [-0.1, -0.05) is 11.6 Å². The fourth-order valence-corrected chi connectivity index (χ4v) is 5.70. The number of aryl methyl sites for hydroxylation is 1. The van der Waals surface area contributed by atoms with E-state index >= 15 is 4.39 Å². The van der Waals surface area contributed by atoms with Gasteiger partial charge in [0, 0.05) is 24.7 Å². The lowest BCUT2D eigenvalue weighted by molar-refractivity contribution is -0.0235. The number of imidazole rings is 1. The number of carbonyl (C=O) groups excluding carboxylic acids is 1. The maximum Gasteiger partial charge on any atom is 0.278 e. The molecular formula is C23H24ClF3N4O5S. The van der Waals surface area contributed by atoms with E-state index in [9.17, 15) is 22.0 Å². The standard InChI is InChI=1S/C23H24ClF3N4O5S/c1-13-15(36-21-16(10-14(24)11-28-21)35-12-23(3,26)27)4-5-17-29-18(19(25)31(13)17)20(32)30-22(2)6-8-37(33,34)9-7-22/h4-5,10-11H,6-9,12H2,1-3H3,(H,30,32).